The molecule has 1 saturated heterocycles. The summed E-state index contributed by atoms with van der Waals surface area (Å²) < 4.78 is 19.1. The van der Waals surface area contributed by atoms with Crippen molar-refractivity contribution in [3.05, 3.63) is 77.4 Å². The maximum Gasteiger partial charge on any atom is 0.276 e. The van der Waals surface area contributed by atoms with E-state index in [0.29, 0.717) is 49.4 Å². The normalized spacial score (nSPS) is 14.7. The molecule has 1 fully saturated rings. The topological polar surface area (TPSA) is 63.4 Å². The van der Waals surface area contributed by atoms with Crippen LogP contribution in [-0.2, 0) is 11.2 Å². The first-order chi connectivity index (χ1) is 14.5. The van der Waals surface area contributed by atoms with Crippen molar-refractivity contribution in [1.29, 1.82) is 0 Å². The van der Waals surface area contributed by atoms with E-state index in [1.807, 2.05) is 24.3 Å². The number of hydrogen-bond donors (Lipinski definition) is 0. The largest absolute Gasteiger partial charge is 0.361 e. The molecule has 0 radical (unpaired) electrons. The summed E-state index contributed by atoms with van der Waals surface area (Å²) in [6.07, 6.45) is 1.58. The number of carbonyl (C=O) groups excluding carboxylic acids is 2. The molecule has 2 heterocycles. The van der Waals surface area contributed by atoms with Crippen molar-refractivity contribution in [2.45, 2.75) is 26.2 Å². The SMILES string of the molecule is Cc1cc(C(=O)N2CCC(C(=O)Cc3cccc(-c4ccccc4F)c3)CC2)no1. The summed E-state index contributed by atoms with van der Waals surface area (Å²) >= 11 is 0. The number of nitrogens with zero attached hydrogens (tertiary/aromatic N) is 2. The highest BCUT2D eigenvalue weighted by atomic mass is 19.1. The Balaban J connectivity index is 1.37. The van der Waals surface area contributed by atoms with Gasteiger partial charge in [-0.3, -0.25) is 9.59 Å². The van der Waals surface area contributed by atoms with Crippen molar-refractivity contribution in [3.63, 3.8) is 0 Å². The predicted octanol–water partition coefficient (Wildman–Crippen LogP) is 4.45. The molecule has 2 aromatic carbocycles. The minimum atomic E-state index is -0.277. The Morgan fingerprint density at radius 1 is 1.10 bits per heavy atom. The number of Topliss-reactive ketones (excluding diaryl/α,β-unsaturated/α-hetero) is 1. The second kappa shape index (κ2) is 8.61. The van der Waals surface area contributed by atoms with Crippen LogP contribution < -0.4 is 0 Å². The molecular formula is C24H23FN2O3. The van der Waals surface area contributed by atoms with Crippen molar-refractivity contribution < 1.29 is 18.5 Å². The molecule has 1 amide bonds. The third-order valence-electron chi connectivity index (χ3n) is 5.57. The van der Waals surface area contributed by atoms with Gasteiger partial charge in [-0.2, -0.15) is 0 Å². The molecule has 154 valence electrons. The van der Waals surface area contributed by atoms with E-state index in [2.05, 4.69) is 5.16 Å². The van der Waals surface area contributed by atoms with Gasteiger partial charge < -0.3 is 9.42 Å². The average molecular weight is 406 g/mol. The highest BCUT2D eigenvalue weighted by Crippen LogP contribution is 2.25. The van der Waals surface area contributed by atoms with Crippen LogP contribution >= 0.6 is 0 Å². The van der Waals surface area contributed by atoms with Gasteiger partial charge >= 0.3 is 0 Å². The van der Waals surface area contributed by atoms with Crippen LogP contribution in [0.2, 0.25) is 0 Å². The van der Waals surface area contributed by atoms with Gasteiger partial charge in [0.25, 0.3) is 5.91 Å². The Morgan fingerprint density at radius 2 is 1.87 bits per heavy atom. The summed E-state index contributed by atoms with van der Waals surface area (Å²) in [4.78, 5) is 27.0. The van der Waals surface area contributed by atoms with Crippen LogP contribution in [0.4, 0.5) is 4.39 Å². The van der Waals surface area contributed by atoms with E-state index in [0.717, 1.165) is 11.1 Å². The van der Waals surface area contributed by atoms with Crippen LogP contribution in [0.15, 0.2) is 59.1 Å². The summed E-state index contributed by atoms with van der Waals surface area (Å²) in [7, 11) is 0. The summed E-state index contributed by atoms with van der Waals surface area (Å²) in [5.41, 5.74) is 2.48. The lowest BCUT2D eigenvalue weighted by atomic mass is 9.88. The second-order valence-electron chi connectivity index (χ2n) is 7.71. The quantitative estimate of drug-likeness (QED) is 0.628. The average Bonchev–Trinajstić information content (AvgIpc) is 3.20. The van der Waals surface area contributed by atoms with E-state index in [-0.39, 0.29) is 23.4 Å². The molecule has 4 rings (SSSR count). The molecule has 0 N–H and O–H groups in total. The van der Waals surface area contributed by atoms with Crippen molar-refractivity contribution >= 4 is 11.7 Å². The number of ketones is 1. The highest BCUT2D eigenvalue weighted by molar-refractivity contribution is 5.92. The number of halogens is 1. The van der Waals surface area contributed by atoms with Crippen LogP contribution in [-0.4, -0.2) is 34.8 Å². The number of rotatable bonds is 5. The van der Waals surface area contributed by atoms with Gasteiger partial charge in [0.05, 0.1) is 0 Å². The third-order valence-corrected chi connectivity index (χ3v) is 5.57. The van der Waals surface area contributed by atoms with Gasteiger partial charge in [0.1, 0.15) is 17.4 Å². The molecule has 0 saturated carbocycles. The number of amides is 1. The van der Waals surface area contributed by atoms with E-state index in [4.69, 9.17) is 4.52 Å². The molecule has 3 aromatic rings. The fraction of sp³-hybridized carbons (Fsp3) is 0.292. The first-order valence-corrected chi connectivity index (χ1v) is 10.1. The number of hydrogen-bond acceptors (Lipinski definition) is 4. The lowest BCUT2D eigenvalue weighted by molar-refractivity contribution is -0.123. The Bertz CT molecular complexity index is 1070. The third kappa shape index (κ3) is 4.32. The minimum absolute atomic E-state index is 0.0785. The number of aromatic nitrogens is 1. The molecule has 1 aliphatic rings. The Labute approximate surface area is 174 Å². The molecule has 0 atom stereocenters. The fourth-order valence-corrected chi connectivity index (χ4v) is 3.92. The smallest absolute Gasteiger partial charge is 0.276 e. The molecule has 1 aromatic heterocycles. The second-order valence-corrected chi connectivity index (χ2v) is 7.71. The van der Waals surface area contributed by atoms with Crippen molar-refractivity contribution in [2.75, 3.05) is 13.1 Å². The molecule has 5 nitrogen and oxygen atoms in total. The van der Waals surface area contributed by atoms with Gasteiger partial charge in [-0.1, -0.05) is 47.6 Å². The number of piperidine rings is 1. The predicted molar refractivity (Wildman–Crippen MR) is 110 cm³/mol. The highest BCUT2D eigenvalue weighted by Gasteiger charge is 2.28. The maximum atomic E-state index is 14.1. The van der Waals surface area contributed by atoms with Gasteiger partial charge in [0, 0.05) is 37.1 Å². The summed E-state index contributed by atoms with van der Waals surface area (Å²) in [5.74, 6) is 0.243. The molecule has 0 spiro atoms. The Morgan fingerprint density at radius 3 is 2.57 bits per heavy atom. The summed E-state index contributed by atoms with van der Waals surface area (Å²) in [5, 5.41) is 3.78. The van der Waals surface area contributed by atoms with Gasteiger partial charge in [-0.25, -0.2) is 4.39 Å². The molecule has 1 aliphatic heterocycles. The monoisotopic (exact) mass is 406 g/mol. The van der Waals surface area contributed by atoms with Crippen molar-refractivity contribution in [3.8, 4) is 11.1 Å². The van der Waals surface area contributed by atoms with Gasteiger partial charge in [-0.15, -0.1) is 0 Å². The van der Waals surface area contributed by atoms with Gasteiger partial charge in [0.2, 0.25) is 0 Å². The van der Waals surface area contributed by atoms with Crippen LogP contribution in [0.5, 0.6) is 0 Å². The Hall–Kier alpha value is -3.28. The van der Waals surface area contributed by atoms with Crippen molar-refractivity contribution in [2.24, 2.45) is 5.92 Å². The summed E-state index contributed by atoms with van der Waals surface area (Å²) in [6, 6.07) is 15.7. The fourth-order valence-electron chi connectivity index (χ4n) is 3.92. The molecule has 0 aliphatic carbocycles. The first kappa shape index (κ1) is 20.0. The maximum absolute atomic E-state index is 14.1. The van der Waals surface area contributed by atoms with E-state index < -0.39 is 0 Å². The molecule has 6 heteroatoms. The lowest BCUT2D eigenvalue weighted by Crippen LogP contribution is -2.40. The standard InChI is InChI=1S/C24H23FN2O3/c1-16-13-22(26-30-16)24(29)27-11-9-18(10-12-27)23(28)15-17-5-4-6-19(14-17)20-7-2-3-8-21(20)25/h2-8,13-14,18H,9-12,15H2,1H3. The molecular weight excluding hydrogens is 383 g/mol. The van der Waals surface area contributed by atoms with Crippen LogP contribution in [0.3, 0.4) is 0 Å². The van der Waals surface area contributed by atoms with E-state index >= 15 is 0 Å². The van der Waals surface area contributed by atoms with E-state index in [1.165, 1.54) is 6.07 Å². The van der Waals surface area contributed by atoms with Gasteiger partial charge in [0.15, 0.2) is 5.69 Å². The molecule has 0 unspecified atom stereocenters. The zero-order chi connectivity index (χ0) is 21.1. The van der Waals surface area contributed by atoms with Crippen LogP contribution in [0.25, 0.3) is 11.1 Å². The van der Waals surface area contributed by atoms with E-state index in [1.54, 1.807) is 36.1 Å². The lowest BCUT2D eigenvalue weighted by Gasteiger charge is -2.30. The Kier molecular flexibility index (Phi) is 5.74. The van der Waals surface area contributed by atoms with E-state index in [9.17, 15) is 14.0 Å². The number of likely N-dealkylation sites (tertiary alicyclic amines) is 1. The van der Waals surface area contributed by atoms with Crippen molar-refractivity contribution in [1.82, 2.24) is 10.1 Å². The summed E-state index contributed by atoms with van der Waals surface area (Å²) in [6.45, 7) is 2.79. The molecule has 30 heavy (non-hydrogen) atoms. The zero-order valence-corrected chi connectivity index (χ0v) is 16.8. The molecule has 0 bridgehead atoms. The number of aryl methyl sites for hydroxylation is 1. The first-order valence-electron chi connectivity index (χ1n) is 10.1. The van der Waals surface area contributed by atoms with Crippen LogP contribution in [0.1, 0.15) is 34.7 Å². The number of benzene rings is 2. The minimum Gasteiger partial charge on any atom is -0.361 e. The zero-order valence-electron chi connectivity index (χ0n) is 16.8. The van der Waals surface area contributed by atoms with Crippen LogP contribution in [0, 0.1) is 18.7 Å². The number of carbonyl (C=O) groups is 2. The van der Waals surface area contributed by atoms with Gasteiger partial charge in [-0.05, 0) is 37.0 Å².